The number of nitrogens with one attached hydrogen (secondary N) is 2. The molecule has 0 spiro atoms. The molecule has 0 saturated carbocycles. The van der Waals surface area contributed by atoms with E-state index in [1.54, 1.807) is 0 Å². The molecule has 0 aromatic carbocycles. The van der Waals surface area contributed by atoms with E-state index in [0.717, 1.165) is 21.9 Å². The number of aromatic nitrogens is 9. The lowest BCUT2D eigenvalue weighted by Gasteiger charge is -2.27. The molecule has 0 radical (unpaired) electrons. The fraction of sp³-hybridized carbons (Fsp3) is 0.526. The van der Waals surface area contributed by atoms with E-state index in [-0.39, 0.29) is 28.3 Å². The van der Waals surface area contributed by atoms with Crippen LogP contribution in [0.3, 0.4) is 0 Å². The van der Waals surface area contributed by atoms with Crippen LogP contribution in [0.4, 0.5) is 14.7 Å². The molecule has 8 atom stereocenters. The Labute approximate surface area is 235 Å². The number of hydrogen-bond donors (Lipinski definition) is 6. The van der Waals surface area contributed by atoms with Crippen molar-refractivity contribution in [1.82, 2.24) is 44.5 Å². The van der Waals surface area contributed by atoms with Gasteiger partial charge in [0.05, 0.1) is 19.5 Å². The van der Waals surface area contributed by atoms with Crippen molar-refractivity contribution in [2.75, 3.05) is 25.6 Å². The van der Waals surface area contributed by atoms with E-state index in [0.29, 0.717) is 0 Å². The van der Waals surface area contributed by atoms with Gasteiger partial charge in [-0.15, -0.1) is 5.10 Å². The number of fused-ring (bicyclic) bond motifs is 2. The van der Waals surface area contributed by atoms with Crippen LogP contribution in [0, 0.1) is 0 Å². The van der Waals surface area contributed by atoms with Crippen molar-refractivity contribution in [1.29, 1.82) is 0 Å². The average Bonchev–Trinajstić information content (AvgIpc) is 3.70. The number of anilines is 1. The highest BCUT2D eigenvalue weighted by atomic mass is 32.5. The van der Waals surface area contributed by atoms with E-state index in [9.17, 15) is 24.7 Å². The number of nitrogens with two attached hydrogens (primary N) is 1. The molecule has 226 valence electrons. The van der Waals surface area contributed by atoms with Gasteiger partial charge in [0.2, 0.25) is 11.7 Å². The second-order valence-corrected chi connectivity index (χ2v) is 12.1. The molecular formula is C19H21F2N10O9PS. The lowest BCUT2D eigenvalue weighted by Crippen LogP contribution is -2.43. The van der Waals surface area contributed by atoms with E-state index in [4.69, 9.17) is 36.1 Å². The van der Waals surface area contributed by atoms with E-state index in [2.05, 4.69) is 35.2 Å². The predicted molar refractivity (Wildman–Crippen MR) is 137 cm³/mol. The zero-order valence-electron chi connectivity index (χ0n) is 20.9. The summed E-state index contributed by atoms with van der Waals surface area (Å²) < 4.78 is 54.4. The summed E-state index contributed by atoms with van der Waals surface area (Å²) in [6, 6.07) is 0. The van der Waals surface area contributed by atoms with Crippen molar-refractivity contribution < 1.29 is 42.4 Å². The lowest BCUT2D eigenvalue weighted by molar-refractivity contribution is -0.0577. The topological polar surface area (TPSA) is 264 Å². The largest absolute Gasteiger partial charge is 0.394 e. The van der Waals surface area contributed by atoms with Crippen LogP contribution in [-0.4, -0.2) is 110 Å². The second kappa shape index (κ2) is 10.4. The van der Waals surface area contributed by atoms with Gasteiger partial charge in [-0.05, 0) is 11.8 Å². The Kier molecular flexibility index (Phi) is 7.14. The molecule has 4 aromatic rings. The molecule has 0 bridgehead atoms. The lowest BCUT2D eigenvalue weighted by atomic mass is 10.1. The maximum atomic E-state index is 15.9. The number of aliphatic hydroxyl groups is 2. The highest BCUT2D eigenvalue weighted by Gasteiger charge is 2.54. The first-order chi connectivity index (χ1) is 19.9. The van der Waals surface area contributed by atoms with Gasteiger partial charge in [0.15, 0.2) is 34.7 Å². The first kappa shape index (κ1) is 28.8. The number of H-pyrrole nitrogens is 2. The van der Waals surface area contributed by atoms with Gasteiger partial charge in [-0.2, -0.15) is 9.67 Å². The number of nitrogens with zero attached hydrogens (tertiary/aromatic N) is 7. The zero-order valence-corrected chi connectivity index (χ0v) is 22.6. The fourth-order valence-corrected chi connectivity index (χ4v) is 6.09. The third-order valence-electron chi connectivity index (χ3n) is 6.74. The van der Waals surface area contributed by atoms with Crippen molar-refractivity contribution in [3.8, 4) is 0 Å². The number of aromatic amines is 2. The molecule has 6 heterocycles. The van der Waals surface area contributed by atoms with E-state index in [1.807, 2.05) is 0 Å². The van der Waals surface area contributed by atoms with Crippen molar-refractivity contribution in [3.63, 3.8) is 0 Å². The van der Waals surface area contributed by atoms with Gasteiger partial charge in [-0.1, -0.05) is 5.21 Å². The van der Waals surface area contributed by atoms with Gasteiger partial charge < -0.3 is 39.8 Å². The van der Waals surface area contributed by atoms with E-state index < -0.39 is 80.3 Å². The van der Waals surface area contributed by atoms with Crippen LogP contribution in [0.25, 0.3) is 22.3 Å². The van der Waals surface area contributed by atoms with Gasteiger partial charge >= 0.3 is 6.72 Å². The average molecular weight is 634 g/mol. The first-order valence-corrected chi connectivity index (χ1v) is 14.6. The molecule has 6 rings (SSSR count). The number of halogens is 2. The monoisotopic (exact) mass is 634 g/mol. The second-order valence-electron chi connectivity index (χ2n) is 9.32. The maximum absolute atomic E-state index is 15.9. The molecule has 2 aliphatic heterocycles. The van der Waals surface area contributed by atoms with Gasteiger partial charge in [-0.3, -0.25) is 23.7 Å². The normalized spacial score (nSPS) is 31.3. The summed E-state index contributed by atoms with van der Waals surface area (Å²) in [5.74, 6) is -2.94. The highest BCUT2D eigenvalue weighted by molar-refractivity contribution is 8.07. The molecular weight excluding hydrogens is 613 g/mol. The Morgan fingerprint density at radius 2 is 2.05 bits per heavy atom. The van der Waals surface area contributed by atoms with Crippen LogP contribution in [0.1, 0.15) is 6.23 Å². The van der Waals surface area contributed by atoms with Gasteiger partial charge in [0.1, 0.15) is 37.4 Å². The summed E-state index contributed by atoms with van der Waals surface area (Å²) in [6.07, 6.45) is -8.18. The molecule has 0 aliphatic carbocycles. The predicted octanol–water partition coefficient (Wildman–Crippen LogP) is -2.54. The van der Waals surface area contributed by atoms with E-state index >= 15 is 8.78 Å². The van der Waals surface area contributed by atoms with Crippen LogP contribution in [0.2, 0.25) is 0 Å². The van der Waals surface area contributed by atoms with Crippen LogP contribution < -0.4 is 16.9 Å². The molecule has 7 N–H and O–H groups in total. The molecule has 0 amide bonds. The van der Waals surface area contributed by atoms with E-state index in [1.165, 1.54) is 0 Å². The molecule has 2 saturated heterocycles. The number of hydrogen-bond acceptors (Lipinski definition) is 15. The number of aliphatic hydroxyl groups excluding tert-OH is 2. The van der Waals surface area contributed by atoms with Crippen molar-refractivity contribution >= 4 is 46.8 Å². The first-order valence-electron chi connectivity index (χ1n) is 12.0. The molecule has 19 nitrogen and oxygen atoms in total. The summed E-state index contributed by atoms with van der Waals surface area (Å²) in [4.78, 5) is 51.0. The van der Waals surface area contributed by atoms with Crippen molar-refractivity contribution in [2.45, 2.75) is 42.6 Å². The smallest absolute Gasteiger partial charge is 0.325 e. The molecule has 2 unspecified atom stereocenters. The summed E-state index contributed by atoms with van der Waals surface area (Å²) >= 11 is 5.02. The van der Waals surface area contributed by atoms with Gasteiger partial charge in [0, 0.05) is 0 Å². The van der Waals surface area contributed by atoms with Crippen LogP contribution in [-0.2, 0) is 36.1 Å². The molecule has 4 aromatic heterocycles. The number of nitrogen functional groups attached to an aromatic ring is 1. The Morgan fingerprint density at radius 3 is 2.81 bits per heavy atom. The van der Waals surface area contributed by atoms with Gasteiger partial charge in [-0.25, -0.2) is 18.7 Å². The van der Waals surface area contributed by atoms with Crippen LogP contribution >= 0.6 is 6.72 Å². The zero-order chi connectivity index (χ0) is 30.0. The number of rotatable bonds is 8. The summed E-state index contributed by atoms with van der Waals surface area (Å²) in [5, 5.41) is 27.8. The Balaban J connectivity index is 1.19. The summed E-state index contributed by atoms with van der Waals surface area (Å²) in [6.45, 7) is -6.62. The van der Waals surface area contributed by atoms with Crippen LogP contribution in [0.5, 0.6) is 0 Å². The standard InChI is InChI=1S/C19H21F2N10O9PS/c20-8-6(1-32)39-17(31-14-10(28-29-31)16(35)27-18(22)26-14)11(8)40-41(36,42)38-2-7-12(33)19(21,3-37-7)30-5-25-9-13(30)23-4-24-15(9)34/h4-8,11-12,17,32-33H,1-3H2,(H,36,42)(H,23,24,34)(H3,22,26,27,35)/t6-,7-,8+,11-,12-,17-,19?,41?/m1/s1. The molecule has 23 heteroatoms. The Morgan fingerprint density at radius 1 is 1.26 bits per heavy atom. The number of imidazole rings is 1. The minimum atomic E-state index is -4.39. The quantitative estimate of drug-likeness (QED) is 0.109. The Bertz CT molecular complexity index is 1820. The van der Waals surface area contributed by atoms with Crippen molar-refractivity contribution in [2.24, 2.45) is 0 Å². The minimum absolute atomic E-state index is 0.153. The third kappa shape index (κ3) is 4.69. The van der Waals surface area contributed by atoms with Crippen molar-refractivity contribution in [3.05, 3.63) is 33.4 Å². The maximum Gasteiger partial charge on any atom is 0.325 e. The number of alkyl halides is 2. The molecule has 42 heavy (non-hydrogen) atoms. The van der Waals surface area contributed by atoms with Crippen LogP contribution in [0.15, 0.2) is 22.2 Å². The minimum Gasteiger partial charge on any atom is -0.394 e. The molecule has 2 fully saturated rings. The summed E-state index contributed by atoms with van der Waals surface area (Å²) in [7, 11) is 0. The number of ether oxygens (including phenoxy) is 2. The molecule has 2 aliphatic rings. The summed E-state index contributed by atoms with van der Waals surface area (Å²) in [5.41, 5.74) is 3.43. The Hall–Kier alpha value is -3.34. The van der Waals surface area contributed by atoms with Gasteiger partial charge in [0.25, 0.3) is 11.1 Å². The SMILES string of the molecule is Nc1nc2c(nnn2[C@@H]2O[C@H](CO)[C@H](F)[C@H]2OP(O)(=S)OC[C@H]2OCC(F)(n3cnc4c(=O)[nH]cnc43)[C@@H]2O)c(=O)[nH]1. The fourth-order valence-electron chi connectivity index (χ4n) is 4.69. The third-order valence-corrected chi connectivity index (χ3v) is 8.30. The highest BCUT2D eigenvalue weighted by Crippen LogP contribution is 2.51.